The van der Waals surface area contributed by atoms with E-state index in [0.717, 1.165) is 54.8 Å². The molecule has 4 aliphatic carbocycles. The Morgan fingerprint density at radius 1 is 0.949 bits per heavy atom. The van der Waals surface area contributed by atoms with Crippen LogP contribution in [-0.4, -0.2) is 18.2 Å². The number of benzene rings is 1. The molecule has 216 valence electrons. The van der Waals surface area contributed by atoms with Crippen molar-refractivity contribution in [2.24, 2.45) is 46.3 Å². The Labute approximate surface area is 238 Å². The van der Waals surface area contributed by atoms with Crippen molar-refractivity contribution in [3.8, 4) is 5.75 Å². The molecule has 0 aliphatic heterocycles. The van der Waals surface area contributed by atoms with Crippen molar-refractivity contribution in [1.29, 1.82) is 0 Å². The van der Waals surface area contributed by atoms with E-state index in [0.29, 0.717) is 11.2 Å². The molecule has 0 radical (unpaired) electrons. The van der Waals surface area contributed by atoms with E-state index in [-0.39, 0.29) is 17.5 Å². The van der Waals surface area contributed by atoms with E-state index in [1.807, 2.05) is 30.3 Å². The summed E-state index contributed by atoms with van der Waals surface area (Å²) in [6.45, 7) is 14.3. The van der Waals surface area contributed by atoms with Gasteiger partial charge in [0.25, 0.3) is 0 Å². The van der Waals surface area contributed by atoms with E-state index < -0.39 is 6.10 Å². The van der Waals surface area contributed by atoms with Gasteiger partial charge in [0.05, 0.1) is 0 Å². The Bertz CT molecular complexity index is 1010. The zero-order valence-electron chi connectivity index (χ0n) is 25.6. The van der Waals surface area contributed by atoms with Crippen LogP contribution in [0, 0.1) is 46.3 Å². The maximum absolute atomic E-state index is 12.9. The molecule has 0 heterocycles. The number of carbonyl (C=O) groups is 1. The Morgan fingerprint density at radius 2 is 1.72 bits per heavy atom. The first-order valence-electron chi connectivity index (χ1n) is 16.2. The van der Waals surface area contributed by atoms with Crippen LogP contribution >= 0.6 is 0 Å². The molecule has 3 saturated carbocycles. The van der Waals surface area contributed by atoms with Crippen molar-refractivity contribution in [3.05, 3.63) is 42.0 Å². The van der Waals surface area contributed by atoms with Crippen LogP contribution in [0.15, 0.2) is 42.0 Å². The minimum absolute atomic E-state index is 0.0217. The van der Waals surface area contributed by atoms with Crippen molar-refractivity contribution < 1.29 is 14.3 Å². The predicted molar refractivity (Wildman–Crippen MR) is 159 cm³/mol. The lowest BCUT2D eigenvalue weighted by molar-refractivity contribution is -0.159. The number of hydrogen-bond donors (Lipinski definition) is 0. The number of para-hydroxylation sites is 1. The van der Waals surface area contributed by atoms with Crippen LogP contribution in [0.4, 0.5) is 0 Å². The van der Waals surface area contributed by atoms with E-state index in [1.165, 1.54) is 51.4 Å². The molecule has 0 bridgehead atoms. The summed E-state index contributed by atoms with van der Waals surface area (Å²) in [6.07, 6.45) is 16.1. The van der Waals surface area contributed by atoms with Crippen molar-refractivity contribution in [2.45, 2.75) is 124 Å². The molecule has 0 unspecified atom stereocenters. The second kappa shape index (κ2) is 11.6. The fourth-order valence-corrected chi connectivity index (χ4v) is 9.76. The summed E-state index contributed by atoms with van der Waals surface area (Å²) in [7, 11) is 0. The minimum atomic E-state index is -0.593. The number of hydrogen-bond acceptors (Lipinski definition) is 3. The molecule has 1 aromatic rings. The Kier molecular flexibility index (Phi) is 8.56. The van der Waals surface area contributed by atoms with Gasteiger partial charge in [0, 0.05) is 6.42 Å². The monoisotopic (exact) mass is 534 g/mol. The molecular formula is C36H54O3. The van der Waals surface area contributed by atoms with Gasteiger partial charge in [0.1, 0.15) is 11.9 Å². The van der Waals surface area contributed by atoms with Gasteiger partial charge in [-0.15, -0.1) is 0 Å². The molecule has 39 heavy (non-hydrogen) atoms. The smallest absolute Gasteiger partial charge is 0.347 e. The molecule has 0 amide bonds. The van der Waals surface area contributed by atoms with Gasteiger partial charge >= 0.3 is 5.97 Å². The molecule has 3 heteroatoms. The molecule has 3 nitrogen and oxygen atoms in total. The SMILES string of the molecule is CC(C)CCC[C@@H](C)[C@H]1CC[C@H]2[C@H]3CC=C4C[C@@H](OC(=O)[C@@H](C)Oc5ccccc5)CC[C@]4(C)[C@@H]3CC[C@]12C. The van der Waals surface area contributed by atoms with E-state index in [1.54, 1.807) is 12.5 Å². The molecule has 0 N–H and O–H groups in total. The summed E-state index contributed by atoms with van der Waals surface area (Å²) in [5.41, 5.74) is 2.38. The van der Waals surface area contributed by atoms with Gasteiger partial charge in [0.2, 0.25) is 0 Å². The minimum Gasteiger partial charge on any atom is -0.479 e. The first-order chi connectivity index (χ1) is 18.6. The van der Waals surface area contributed by atoms with Gasteiger partial charge in [-0.2, -0.15) is 0 Å². The van der Waals surface area contributed by atoms with Crippen LogP contribution in [0.3, 0.4) is 0 Å². The zero-order chi connectivity index (χ0) is 27.8. The number of carbonyl (C=O) groups excluding carboxylic acids is 1. The third-order valence-corrected chi connectivity index (χ3v) is 11.9. The number of rotatable bonds is 9. The second-order valence-electron chi connectivity index (χ2n) is 14.7. The lowest BCUT2D eigenvalue weighted by Crippen LogP contribution is -2.51. The van der Waals surface area contributed by atoms with E-state index in [4.69, 9.17) is 9.47 Å². The summed E-state index contributed by atoms with van der Waals surface area (Å²) in [4.78, 5) is 12.9. The lowest BCUT2D eigenvalue weighted by atomic mass is 9.47. The summed E-state index contributed by atoms with van der Waals surface area (Å²) >= 11 is 0. The Hall–Kier alpha value is -1.77. The quantitative estimate of drug-likeness (QED) is 0.234. The molecule has 9 atom stereocenters. The van der Waals surface area contributed by atoms with Crippen LogP contribution in [0.2, 0.25) is 0 Å². The van der Waals surface area contributed by atoms with Gasteiger partial charge in [0.15, 0.2) is 6.10 Å². The maximum atomic E-state index is 12.9. The topological polar surface area (TPSA) is 35.5 Å². The van der Waals surface area contributed by atoms with E-state index >= 15 is 0 Å². The summed E-state index contributed by atoms with van der Waals surface area (Å²) in [5.74, 6) is 5.58. The lowest BCUT2D eigenvalue weighted by Gasteiger charge is -2.58. The van der Waals surface area contributed by atoms with Crippen LogP contribution < -0.4 is 4.74 Å². The number of esters is 1. The highest BCUT2D eigenvalue weighted by molar-refractivity contribution is 5.74. The average molecular weight is 535 g/mol. The fourth-order valence-electron chi connectivity index (χ4n) is 9.76. The number of allylic oxidation sites excluding steroid dienone is 1. The second-order valence-corrected chi connectivity index (χ2v) is 14.7. The van der Waals surface area contributed by atoms with Crippen LogP contribution in [-0.2, 0) is 9.53 Å². The third-order valence-electron chi connectivity index (χ3n) is 11.9. The first kappa shape index (κ1) is 28.7. The van der Waals surface area contributed by atoms with Crippen LogP contribution in [0.5, 0.6) is 5.75 Å². The van der Waals surface area contributed by atoms with E-state index in [2.05, 4.69) is 40.7 Å². The molecule has 1 aromatic carbocycles. The molecule has 3 fully saturated rings. The number of fused-ring (bicyclic) bond motifs is 5. The Balaban J connectivity index is 1.21. The van der Waals surface area contributed by atoms with Crippen LogP contribution in [0.25, 0.3) is 0 Å². The molecule has 4 aliphatic rings. The molecule has 0 spiro atoms. The first-order valence-corrected chi connectivity index (χ1v) is 16.2. The standard InChI is InChI=1S/C36H54O3/c1-24(2)11-10-12-25(3)31-17-18-32-30-16-15-27-23-29(19-21-35(27,5)33(30)20-22-36(31,32)6)39-34(37)26(4)38-28-13-8-7-9-14-28/h7-9,13-15,24-26,29-33H,10-12,16-23H2,1-6H3/t25-,26-,29+,30-,31-,32+,33-,35+,36-/m1/s1. The molecule has 5 rings (SSSR count). The molecular weight excluding hydrogens is 480 g/mol. The van der Waals surface area contributed by atoms with Crippen molar-refractivity contribution in [2.75, 3.05) is 0 Å². The Morgan fingerprint density at radius 3 is 2.46 bits per heavy atom. The molecule has 0 aromatic heterocycles. The number of ether oxygens (including phenoxy) is 2. The van der Waals surface area contributed by atoms with Gasteiger partial charge < -0.3 is 9.47 Å². The predicted octanol–water partition coefficient (Wildman–Crippen LogP) is 9.41. The van der Waals surface area contributed by atoms with Gasteiger partial charge in [-0.3, -0.25) is 0 Å². The highest BCUT2D eigenvalue weighted by Gasteiger charge is 2.59. The van der Waals surface area contributed by atoms with Crippen molar-refractivity contribution >= 4 is 5.97 Å². The summed E-state index contributed by atoms with van der Waals surface area (Å²) < 4.78 is 11.9. The van der Waals surface area contributed by atoms with Gasteiger partial charge in [-0.1, -0.05) is 83.7 Å². The van der Waals surface area contributed by atoms with Gasteiger partial charge in [-0.05, 0) is 110 Å². The zero-order valence-corrected chi connectivity index (χ0v) is 25.6. The van der Waals surface area contributed by atoms with E-state index in [9.17, 15) is 4.79 Å². The highest BCUT2D eigenvalue weighted by Crippen LogP contribution is 2.67. The summed E-state index contributed by atoms with van der Waals surface area (Å²) in [5, 5.41) is 0. The fraction of sp³-hybridized carbons (Fsp3) is 0.750. The normalized spacial score (nSPS) is 37.2. The van der Waals surface area contributed by atoms with Gasteiger partial charge in [-0.25, -0.2) is 4.79 Å². The highest BCUT2D eigenvalue weighted by atomic mass is 16.6. The largest absolute Gasteiger partial charge is 0.479 e. The van der Waals surface area contributed by atoms with Crippen molar-refractivity contribution in [3.63, 3.8) is 0 Å². The van der Waals surface area contributed by atoms with Crippen molar-refractivity contribution in [1.82, 2.24) is 0 Å². The maximum Gasteiger partial charge on any atom is 0.347 e. The third kappa shape index (κ3) is 5.71. The van der Waals surface area contributed by atoms with Crippen LogP contribution in [0.1, 0.15) is 112 Å². The molecule has 0 saturated heterocycles. The average Bonchev–Trinajstić information content (AvgIpc) is 3.26. The summed E-state index contributed by atoms with van der Waals surface area (Å²) in [6, 6.07) is 9.56.